The monoisotopic (exact) mass is 237 g/mol. The van der Waals surface area contributed by atoms with Crippen LogP contribution < -0.4 is 5.56 Å². The van der Waals surface area contributed by atoms with Crippen molar-refractivity contribution in [2.75, 3.05) is 6.26 Å². The van der Waals surface area contributed by atoms with Crippen LogP contribution in [-0.4, -0.2) is 21.1 Å². The molecular weight excluding hydrogens is 230 g/mol. The lowest BCUT2D eigenvalue weighted by molar-refractivity contribution is -0.384. The summed E-state index contributed by atoms with van der Waals surface area (Å²) in [6, 6.07) is 3.99. The Bertz CT molecular complexity index is 623. The Morgan fingerprint density at radius 2 is 2.25 bits per heavy atom. The molecule has 0 fully saturated rings. The van der Waals surface area contributed by atoms with Crippen molar-refractivity contribution < 1.29 is 4.92 Å². The van der Waals surface area contributed by atoms with Crippen LogP contribution in [0.4, 0.5) is 5.69 Å². The molecule has 0 aliphatic heterocycles. The highest BCUT2D eigenvalue weighted by atomic mass is 32.2. The van der Waals surface area contributed by atoms with Gasteiger partial charge in [0.1, 0.15) is 0 Å². The van der Waals surface area contributed by atoms with E-state index in [9.17, 15) is 14.9 Å². The second-order valence-corrected chi connectivity index (χ2v) is 3.83. The summed E-state index contributed by atoms with van der Waals surface area (Å²) in [4.78, 5) is 28.3. The molecule has 0 amide bonds. The predicted octanol–water partition coefficient (Wildman–Crippen LogP) is 1.55. The Kier molecular flexibility index (Phi) is 2.61. The van der Waals surface area contributed by atoms with Gasteiger partial charge in [-0.25, -0.2) is 4.98 Å². The molecule has 0 spiro atoms. The van der Waals surface area contributed by atoms with Gasteiger partial charge in [-0.3, -0.25) is 14.9 Å². The number of hydrogen-bond donors (Lipinski definition) is 1. The van der Waals surface area contributed by atoms with Crippen LogP contribution >= 0.6 is 11.8 Å². The van der Waals surface area contributed by atoms with E-state index in [0.29, 0.717) is 16.1 Å². The van der Waals surface area contributed by atoms with Crippen LogP contribution in [0.3, 0.4) is 0 Å². The molecule has 7 heteroatoms. The van der Waals surface area contributed by atoms with Gasteiger partial charge in [0, 0.05) is 12.1 Å². The molecule has 1 aromatic carbocycles. The molecule has 0 atom stereocenters. The average Bonchev–Trinajstić information content (AvgIpc) is 2.28. The summed E-state index contributed by atoms with van der Waals surface area (Å²) in [5.74, 6) is 0. The number of benzene rings is 1. The van der Waals surface area contributed by atoms with E-state index in [2.05, 4.69) is 9.97 Å². The molecule has 0 bridgehead atoms. The maximum atomic E-state index is 11.6. The zero-order valence-electron chi connectivity index (χ0n) is 8.26. The van der Waals surface area contributed by atoms with Gasteiger partial charge >= 0.3 is 0 Å². The quantitative estimate of drug-likeness (QED) is 0.370. The number of non-ortho nitro benzene ring substituents is 1. The molecule has 82 valence electrons. The molecule has 1 N–H and O–H groups in total. The zero-order valence-corrected chi connectivity index (χ0v) is 9.08. The van der Waals surface area contributed by atoms with Crippen molar-refractivity contribution in [3.8, 4) is 0 Å². The first-order valence-electron chi connectivity index (χ1n) is 4.34. The molecule has 16 heavy (non-hydrogen) atoms. The molecule has 0 radical (unpaired) electrons. The third-order valence-electron chi connectivity index (χ3n) is 2.07. The second kappa shape index (κ2) is 3.93. The molecule has 0 aliphatic rings. The van der Waals surface area contributed by atoms with Crippen LogP contribution in [0.1, 0.15) is 0 Å². The van der Waals surface area contributed by atoms with Crippen molar-refractivity contribution >= 4 is 28.4 Å². The molecule has 2 aromatic rings. The first kappa shape index (κ1) is 10.6. The van der Waals surface area contributed by atoms with Crippen LogP contribution in [0.25, 0.3) is 10.9 Å². The van der Waals surface area contributed by atoms with Gasteiger partial charge in [0.05, 0.1) is 15.8 Å². The minimum Gasteiger partial charge on any atom is -0.301 e. The number of aromatic nitrogens is 2. The van der Waals surface area contributed by atoms with Crippen LogP contribution in [0.5, 0.6) is 0 Å². The van der Waals surface area contributed by atoms with E-state index < -0.39 is 4.92 Å². The Morgan fingerprint density at radius 3 is 2.88 bits per heavy atom. The fraction of sp³-hybridized carbons (Fsp3) is 0.111. The predicted molar refractivity (Wildman–Crippen MR) is 60.8 cm³/mol. The summed E-state index contributed by atoms with van der Waals surface area (Å²) in [5.41, 5.74) is -0.0239. The first-order valence-corrected chi connectivity index (χ1v) is 5.57. The summed E-state index contributed by atoms with van der Waals surface area (Å²) in [6.07, 6.45) is 1.77. The van der Waals surface area contributed by atoms with E-state index in [1.165, 1.54) is 30.0 Å². The molecule has 0 unspecified atom stereocenters. The first-order chi connectivity index (χ1) is 7.61. The van der Waals surface area contributed by atoms with E-state index in [4.69, 9.17) is 0 Å². The maximum Gasteiger partial charge on any atom is 0.271 e. The average molecular weight is 237 g/mol. The maximum absolute atomic E-state index is 11.6. The van der Waals surface area contributed by atoms with Crippen molar-refractivity contribution in [1.29, 1.82) is 0 Å². The second-order valence-electron chi connectivity index (χ2n) is 3.03. The lowest BCUT2D eigenvalue weighted by Crippen LogP contribution is -2.09. The number of nitro benzene ring substituents is 1. The van der Waals surface area contributed by atoms with Gasteiger partial charge in [-0.05, 0) is 12.3 Å². The van der Waals surface area contributed by atoms with Gasteiger partial charge in [0.2, 0.25) is 0 Å². The number of H-pyrrole nitrogens is 1. The third-order valence-corrected chi connectivity index (χ3v) is 2.65. The van der Waals surface area contributed by atoms with Crippen LogP contribution in [0, 0.1) is 10.1 Å². The van der Waals surface area contributed by atoms with Crippen LogP contribution in [0.15, 0.2) is 28.2 Å². The number of hydrogen-bond acceptors (Lipinski definition) is 5. The van der Waals surface area contributed by atoms with Gasteiger partial charge in [-0.2, -0.15) is 0 Å². The zero-order chi connectivity index (χ0) is 11.7. The normalized spacial score (nSPS) is 10.6. The minimum absolute atomic E-state index is 0.0716. The third kappa shape index (κ3) is 1.76. The van der Waals surface area contributed by atoms with Gasteiger partial charge in [-0.1, -0.05) is 11.8 Å². The largest absolute Gasteiger partial charge is 0.301 e. The Morgan fingerprint density at radius 1 is 1.50 bits per heavy atom. The summed E-state index contributed by atoms with van der Waals surface area (Å²) in [5, 5.41) is 11.4. The summed E-state index contributed by atoms with van der Waals surface area (Å²) in [6.45, 7) is 0. The molecular formula is C9H7N3O3S. The topological polar surface area (TPSA) is 88.9 Å². The molecule has 6 nitrogen and oxygen atoms in total. The lowest BCUT2D eigenvalue weighted by Gasteiger charge is -1.99. The van der Waals surface area contributed by atoms with Crippen molar-refractivity contribution in [3.63, 3.8) is 0 Å². The summed E-state index contributed by atoms with van der Waals surface area (Å²) >= 11 is 1.28. The van der Waals surface area contributed by atoms with Crippen LogP contribution in [-0.2, 0) is 0 Å². The highest BCUT2D eigenvalue weighted by Crippen LogP contribution is 2.18. The van der Waals surface area contributed by atoms with Gasteiger partial charge < -0.3 is 4.98 Å². The van der Waals surface area contributed by atoms with Crippen molar-refractivity contribution in [2.45, 2.75) is 5.16 Å². The number of fused-ring (bicyclic) bond motifs is 1. The van der Waals surface area contributed by atoms with Gasteiger partial charge in [0.15, 0.2) is 5.16 Å². The van der Waals surface area contributed by atoms with E-state index in [-0.39, 0.29) is 11.2 Å². The van der Waals surface area contributed by atoms with Crippen molar-refractivity contribution in [3.05, 3.63) is 38.7 Å². The Balaban J connectivity index is 2.76. The van der Waals surface area contributed by atoms with E-state index in [1.54, 1.807) is 6.26 Å². The molecule has 1 aromatic heterocycles. The minimum atomic E-state index is -0.513. The van der Waals surface area contributed by atoms with Gasteiger partial charge in [0.25, 0.3) is 11.2 Å². The number of nitro groups is 1. The Labute approximate surface area is 93.9 Å². The van der Waals surface area contributed by atoms with Gasteiger partial charge in [-0.15, -0.1) is 0 Å². The van der Waals surface area contributed by atoms with Crippen molar-refractivity contribution in [2.24, 2.45) is 0 Å². The molecule has 0 aliphatic carbocycles. The smallest absolute Gasteiger partial charge is 0.271 e. The molecule has 1 heterocycles. The van der Waals surface area contributed by atoms with Crippen LogP contribution in [0.2, 0.25) is 0 Å². The Hall–Kier alpha value is -1.89. The number of aromatic amines is 1. The number of rotatable bonds is 2. The fourth-order valence-corrected chi connectivity index (χ4v) is 1.70. The van der Waals surface area contributed by atoms with E-state index >= 15 is 0 Å². The van der Waals surface area contributed by atoms with E-state index in [1.807, 2.05) is 0 Å². The molecule has 0 saturated carbocycles. The molecule has 0 saturated heterocycles. The summed E-state index contributed by atoms with van der Waals surface area (Å²) in [7, 11) is 0. The number of nitrogens with one attached hydrogen (secondary N) is 1. The van der Waals surface area contributed by atoms with Crippen molar-refractivity contribution in [1.82, 2.24) is 9.97 Å². The SMILES string of the molecule is CSc1nc2cc([N+](=O)[O-])ccc2c(=O)[nH]1. The highest BCUT2D eigenvalue weighted by molar-refractivity contribution is 7.98. The number of thioether (sulfide) groups is 1. The highest BCUT2D eigenvalue weighted by Gasteiger charge is 2.09. The van der Waals surface area contributed by atoms with E-state index in [0.717, 1.165) is 0 Å². The fourth-order valence-electron chi connectivity index (χ4n) is 1.32. The lowest BCUT2D eigenvalue weighted by atomic mass is 10.2. The molecule has 2 rings (SSSR count). The summed E-state index contributed by atoms with van der Waals surface area (Å²) < 4.78 is 0. The standard InChI is InChI=1S/C9H7N3O3S/c1-16-9-10-7-4-5(12(14)15)2-3-6(7)8(13)11-9/h2-4H,1H3,(H,10,11,13). The number of nitrogens with zero attached hydrogens (tertiary/aromatic N) is 2.